The molecule has 1 amide bonds. The SMILES string of the molecule is CCNC(=NCc1ccc(N2CCCC2=O)cc1)NC1CCN(CC(F)(F)F)C1. The summed E-state index contributed by atoms with van der Waals surface area (Å²) in [5.41, 5.74) is 1.91. The van der Waals surface area contributed by atoms with Crippen molar-refractivity contribution in [3.05, 3.63) is 29.8 Å². The van der Waals surface area contributed by atoms with Crippen LogP contribution in [-0.2, 0) is 11.3 Å². The van der Waals surface area contributed by atoms with Crippen LogP contribution in [0.25, 0.3) is 0 Å². The number of benzene rings is 1. The second-order valence-corrected chi connectivity index (χ2v) is 7.49. The summed E-state index contributed by atoms with van der Waals surface area (Å²) in [4.78, 5) is 19.6. The summed E-state index contributed by atoms with van der Waals surface area (Å²) in [6.45, 7) is 3.73. The molecule has 2 aliphatic rings. The molecule has 9 heteroatoms. The monoisotopic (exact) mass is 411 g/mol. The number of carbonyl (C=O) groups is 1. The van der Waals surface area contributed by atoms with Crippen LogP contribution in [0.2, 0.25) is 0 Å². The molecule has 0 bridgehead atoms. The Morgan fingerprint density at radius 3 is 2.62 bits per heavy atom. The number of hydrogen-bond acceptors (Lipinski definition) is 3. The number of amides is 1. The molecule has 6 nitrogen and oxygen atoms in total. The van der Waals surface area contributed by atoms with E-state index in [-0.39, 0.29) is 11.9 Å². The first kappa shape index (κ1) is 21.4. The van der Waals surface area contributed by atoms with Crippen LogP contribution in [0.4, 0.5) is 18.9 Å². The quantitative estimate of drug-likeness (QED) is 0.558. The lowest BCUT2D eigenvalue weighted by molar-refractivity contribution is -0.143. The maximum Gasteiger partial charge on any atom is 0.401 e. The number of anilines is 1. The molecule has 0 aromatic heterocycles. The molecule has 2 N–H and O–H groups in total. The van der Waals surface area contributed by atoms with Crippen molar-refractivity contribution in [1.82, 2.24) is 15.5 Å². The van der Waals surface area contributed by atoms with E-state index in [9.17, 15) is 18.0 Å². The Kier molecular flexibility index (Phi) is 7.00. The van der Waals surface area contributed by atoms with Crippen LogP contribution in [0.5, 0.6) is 0 Å². The molecule has 1 aromatic rings. The lowest BCUT2D eigenvalue weighted by Crippen LogP contribution is -2.45. The number of halogens is 3. The Bertz CT molecular complexity index is 720. The van der Waals surface area contributed by atoms with Gasteiger partial charge in [0.2, 0.25) is 5.91 Å². The molecule has 2 aliphatic heterocycles. The highest BCUT2D eigenvalue weighted by molar-refractivity contribution is 5.95. The number of nitrogens with one attached hydrogen (secondary N) is 2. The van der Waals surface area contributed by atoms with Gasteiger partial charge in [0.1, 0.15) is 0 Å². The van der Waals surface area contributed by atoms with Gasteiger partial charge in [0.25, 0.3) is 0 Å². The highest BCUT2D eigenvalue weighted by atomic mass is 19.4. The van der Waals surface area contributed by atoms with Crippen LogP contribution in [0.1, 0.15) is 31.7 Å². The summed E-state index contributed by atoms with van der Waals surface area (Å²) in [5, 5.41) is 6.39. The Morgan fingerprint density at radius 2 is 2.00 bits per heavy atom. The maximum absolute atomic E-state index is 12.6. The molecule has 3 rings (SSSR count). The van der Waals surface area contributed by atoms with Crippen molar-refractivity contribution >= 4 is 17.6 Å². The van der Waals surface area contributed by atoms with E-state index in [4.69, 9.17) is 0 Å². The van der Waals surface area contributed by atoms with Crippen molar-refractivity contribution in [1.29, 1.82) is 0 Å². The summed E-state index contributed by atoms with van der Waals surface area (Å²) >= 11 is 0. The molecule has 2 fully saturated rings. The van der Waals surface area contributed by atoms with E-state index in [2.05, 4.69) is 15.6 Å². The van der Waals surface area contributed by atoms with E-state index in [0.717, 1.165) is 24.2 Å². The lowest BCUT2D eigenvalue weighted by atomic mass is 10.2. The molecular formula is C20H28F3N5O. The molecule has 2 saturated heterocycles. The van der Waals surface area contributed by atoms with Gasteiger partial charge in [0.15, 0.2) is 5.96 Å². The van der Waals surface area contributed by atoms with Crippen molar-refractivity contribution in [3.8, 4) is 0 Å². The number of rotatable bonds is 6. The third kappa shape index (κ3) is 6.35. The first-order valence-electron chi connectivity index (χ1n) is 10.1. The first-order chi connectivity index (χ1) is 13.8. The van der Waals surface area contributed by atoms with Gasteiger partial charge in [-0.3, -0.25) is 9.69 Å². The van der Waals surface area contributed by atoms with E-state index >= 15 is 0 Å². The molecule has 2 heterocycles. The molecule has 1 atom stereocenters. The minimum Gasteiger partial charge on any atom is -0.357 e. The molecule has 160 valence electrons. The van der Waals surface area contributed by atoms with Crippen molar-refractivity contribution in [2.24, 2.45) is 4.99 Å². The van der Waals surface area contributed by atoms with Gasteiger partial charge in [-0.15, -0.1) is 0 Å². The number of alkyl halides is 3. The van der Waals surface area contributed by atoms with E-state index in [1.165, 1.54) is 4.90 Å². The maximum atomic E-state index is 12.6. The van der Waals surface area contributed by atoms with Gasteiger partial charge in [0.05, 0.1) is 13.1 Å². The number of carbonyl (C=O) groups excluding carboxylic acids is 1. The Hall–Kier alpha value is -2.29. The molecule has 0 aliphatic carbocycles. The van der Waals surface area contributed by atoms with Crippen LogP contribution >= 0.6 is 0 Å². The van der Waals surface area contributed by atoms with Gasteiger partial charge in [-0.2, -0.15) is 13.2 Å². The Labute approximate surface area is 169 Å². The third-order valence-corrected chi connectivity index (χ3v) is 5.10. The third-order valence-electron chi connectivity index (χ3n) is 5.10. The highest BCUT2D eigenvalue weighted by Crippen LogP contribution is 2.22. The molecule has 0 radical (unpaired) electrons. The summed E-state index contributed by atoms with van der Waals surface area (Å²) in [7, 11) is 0. The summed E-state index contributed by atoms with van der Waals surface area (Å²) in [5.74, 6) is 0.760. The van der Waals surface area contributed by atoms with Crippen LogP contribution < -0.4 is 15.5 Å². The Balaban J connectivity index is 1.54. The normalized spacial score (nSPS) is 21.1. The lowest BCUT2D eigenvalue weighted by Gasteiger charge is -2.20. The molecule has 1 unspecified atom stereocenters. The fourth-order valence-corrected chi connectivity index (χ4v) is 3.73. The number of likely N-dealkylation sites (tertiary alicyclic amines) is 1. The first-order valence-corrected chi connectivity index (χ1v) is 10.1. The minimum atomic E-state index is -4.17. The van der Waals surface area contributed by atoms with Gasteiger partial charge >= 0.3 is 6.18 Å². The largest absolute Gasteiger partial charge is 0.401 e. The standard InChI is InChI=1S/C20H28F3N5O/c1-2-24-19(26-16-9-11-27(13-16)14-20(21,22)23)25-12-15-5-7-17(8-6-15)28-10-3-4-18(28)29/h5-8,16H,2-4,9-14H2,1H3,(H2,24,25,26). The zero-order valence-electron chi connectivity index (χ0n) is 16.6. The predicted octanol–water partition coefficient (Wildman–Crippen LogP) is 2.51. The second-order valence-electron chi connectivity index (χ2n) is 7.49. The zero-order chi connectivity index (χ0) is 20.9. The zero-order valence-corrected chi connectivity index (χ0v) is 16.6. The number of aliphatic imine (C=N–C) groups is 1. The molecule has 0 saturated carbocycles. The van der Waals surface area contributed by atoms with E-state index in [0.29, 0.717) is 45.0 Å². The van der Waals surface area contributed by atoms with Crippen LogP contribution in [-0.4, -0.2) is 61.7 Å². The summed E-state index contributed by atoms with van der Waals surface area (Å²) < 4.78 is 37.7. The van der Waals surface area contributed by atoms with Crippen molar-refractivity contribution < 1.29 is 18.0 Å². The topological polar surface area (TPSA) is 60.0 Å². The van der Waals surface area contributed by atoms with Gasteiger partial charge in [-0.05, 0) is 37.5 Å². The van der Waals surface area contributed by atoms with Gasteiger partial charge < -0.3 is 15.5 Å². The van der Waals surface area contributed by atoms with E-state index in [1.807, 2.05) is 31.2 Å². The highest BCUT2D eigenvalue weighted by Gasteiger charge is 2.34. The minimum absolute atomic E-state index is 0.0568. The Morgan fingerprint density at radius 1 is 1.24 bits per heavy atom. The molecule has 1 aromatic carbocycles. The second kappa shape index (κ2) is 9.47. The van der Waals surface area contributed by atoms with Crippen LogP contribution in [0.15, 0.2) is 29.3 Å². The number of hydrogen-bond donors (Lipinski definition) is 2. The average Bonchev–Trinajstić information content (AvgIpc) is 3.28. The van der Waals surface area contributed by atoms with E-state index < -0.39 is 12.7 Å². The fourth-order valence-electron chi connectivity index (χ4n) is 3.73. The van der Waals surface area contributed by atoms with Crippen molar-refractivity contribution in [2.75, 3.05) is 37.6 Å². The summed E-state index contributed by atoms with van der Waals surface area (Å²) in [6.07, 6.45) is -2.02. The molecular weight excluding hydrogens is 383 g/mol. The predicted molar refractivity (Wildman–Crippen MR) is 107 cm³/mol. The van der Waals surface area contributed by atoms with Crippen LogP contribution in [0, 0.1) is 0 Å². The smallest absolute Gasteiger partial charge is 0.357 e. The van der Waals surface area contributed by atoms with Crippen molar-refractivity contribution in [3.63, 3.8) is 0 Å². The summed E-state index contributed by atoms with van der Waals surface area (Å²) in [6, 6.07) is 7.71. The van der Waals surface area contributed by atoms with Crippen molar-refractivity contribution in [2.45, 2.75) is 44.9 Å². The number of nitrogens with zero attached hydrogens (tertiary/aromatic N) is 3. The van der Waals surface area contributed by atoms with Gasteiger partial charge in [-0.25, -0.2) is 4.99 Å². The molecule has 0 spiro atoms. The fraction of sp³-hybridized carbons (Fsp3) is 0.600. The number of guanidine groups is 1. The van der Waals surface area contributed by atoms with Gasteiger partial charge in [-0.1, -0.05) is 12.1 Å². The van der Waals surface area contributed by atoms with Crippen LogP contribution in [0.3, 0.4) is 0 Å². The molecule has 29 heavy (non-hydrogen) atoms. The van der Waals surface area contributed by atoms with Gasteiger partial charge in [0, 0.05) is 44.3 Å². The van der Waals surface area contributed by atoms with E-state index in [1.54, 1.807) is 4.90 Å². The average molecular weight is 411 g/mol.